The van der Waals surface area contributed by atoms with Crippen LogP contribution in [-0.2, 0) is 4.79 Å². The minimum Gasteiger partial charge on any atom is -0.294 e. The monoisotopic (exact) mass is 268 g/mol. The Kier molecular flexibility index (Phi) is 3.20. The second kappa shape index (κ2) is 4.89. The molecular weight excluding hydrogens is 248 g/mol. The van der Waals surface area contributed by atoms with E-state index in [1.807, 2.05) is 18.2 Å². The first-order chi connectivity index (χ1) is 9.55. The summed E-state index contributed by atoms with van der Waals surface area (Å²) in [4.78, 5) is 12.3. The molecule has 1 aromatic rings. The van der Waals surface area contributed by atoms with Crippen molar-refractivity contribution in [2.24, 2.45) is 10.5 Å². The van der Waals surface area contributed by atoms with E-state index in [0.717, 1.165) is 41.8 Å². The van der Waals surface area contributed by atoms with Crippen LogP contribution in [0.5, 0.6) is 0 Å². The van der Waals surface area contributed by atoms with Gasteiger partial charge in [-0.05, 0) is 30.2 Å². The molecule has 104 valence electrons. The highest BCUT2D eigenvalue weighted by Gasteiger charge is 2.33. The van der Waals surface area contributed by atoms with Gasteiger partial charge in [-0.2, -0.15) is 5.10 Å². The Labute approximate surface area is 119 Å². The van der Waals surface area contributed by atoms with Crippen LogP contribution in [-0.4, -0.2) is 11.5 Å². The fourth-order valence-corrected chi connectivity index (χ4v) is 3.03. The number of hydrogen-bond donors (Lipinski definition) is 1. The molecule has 3 nitrogen and oxygen atoms in total. The van der Waals surface area contributed by atoms with Gasteiger partial charge in [0.25, 0.3) is 0 Å². The highest BCUT2D eigenvalue weighted by molar-refractivity contribution is 6.03. The summed E-state index contributed by atoms with van der Waals surface area (Å²) in [5.74, 6) is 0.285. The highest BCUT2D eigenvalue weighted by atomic mass is 16.1. The summed E-state index contributed by atoms with van der Waals surface area (Å²) >= 11 is 0. The number of rotatable bonds is 1. The van der Waals surface area contributed by atoms with Crippen molar-refractivity contribution in [2.75, 3.05) is 0 Å². The maximum atomic E-state index is 12.3. The molecule has 0 saturated heterocycles. The molecule has 1 aliphatic heterocycles. The van der Waals surface area contributed by atoms with E-state index < -0.39 is 0 Å². The number of nitrogens with zero attached hydrogens (tertiary/aromatic N) is 1. The number of nitrogens with one attached hydrogen (secondary N) is 1. The molecule has 1 N–H and O–H groups in total. The van der Waals surface area contributed by atoms with Crippen LogP contribution in [0.15, 0.2) is 46.7 Å². The van der Waals surface area contributed by atoms with Gasteiger partial charge >= 0.3 is 0 Å². The van der Waals surface area contributed by atoms with Crippen molar-refractivity contribution in [1.29, 1.82) is 0 Å². The number of hydrogen-bond acceptors (Lipinski definition) is 3. The van der Waals surface area contributed by atoms with Gasteiger partial charge in [-0.1, -0.05) is 44.2 Å². The predicted molar refractivity (Wildman–Crippen MR) is 80.4 cm³/mol. The number of Topliss-reactive ketones (excluding diaryl/α,β-unsaturated/α-hetero) is 1. The number of carbonyl (C=O) groups is 1. The summed E-state index contributed by atoms with van der Waals surface area (Å²) in [6, 6.07) is 10.2. The quantitative estimate of drug-likeness (QED) is 0.848. The maximum Gasteiger partial charge on any atom is 0.161 e. The standard InChI is InChI=1S/C17H20N2O/c1-17(2)10-15-13(16(20)11-17)8-9-14(18-19-15)12-6-4-3-5-7-12/h3-7,19H,8-11H2,1-2H3. The van der Waals surface area contributed by atoms with Crippen molar-refractivity contribution in [2.45, 2.75) is 39.5 Å². The normalized spacial score (nSPS) is 21.7. The second-order valence-electron chi connectivity index (χ2n) is 6.43. The molecule has 1 heterocycles. The fourth-order valence-electron chi connectivity index (χ4n) is 3.03. The summed E-state index contributed by atoms with van der Waals surface area (Å²) < 4.78 is 0. The van der Waals surface area contributed by atoms with E-state index in [1.54, 1.807) is 0 Å². The minimum atomic E-state index is 0.0374. The fraction of sp³-hybridized carbons (Fsp3) is 0.412. The molecule has 0 atom stereocenters. The molecule has 0 amide bonds. The van der Waals surface area contributed by atoms with E-state index in [2.05, 4.69) is 36.5 Å². The molecule has 0 fully saturated rings. The first-order valence-electron chi connectivity index (χ1n) is 7.18. The zero-order chi connectivity index (χ0) is 14.2. The summed E-state index contributed by atoms with van der Waals surface area (Å²) in [5, 5.41) is 4.53. The minimum absolute atomic E-state index is 0.0374. The number of allylic oxidation sites excluding steroid dienone is 2. The molecule has 3 rings (SSSR count). The van der Waals surface area contributed by atoms with E-state index in [0.29, 0.717) is 6.42 Å². The van der Waals surface area contributed by atoms with Crippen molar-refractivity contribution >= 4 is 11.5 Å². The van der Waals surface area contributed by atoms with Crippen molar-refractivity contribution in [1.82, 2.24) is 5.43 Å². The highest BCUT2D eigenvalue weighted by Crippen LogP contribution is 2.38. The van der Waals surface area contributed by atoms with Crippen molar-refractivity contribution in [3.63, 3.8) is 0 Å². The Morgan fingerprint density at radius 1 is 1.10 bits per heavy atom. The van der Waals surface area contributed by atoms with Gasteiger partial charge in [0.15, 0.2) is 5.78 Å². The molecule has 0 saturated carbocycles. The van der Waals surface area contributed by atoms with Crippen LogP contribution in [0.1, 0.15) is 45.1 Å². The molecule has 20 heavy (non-hydrogen) atoms. The summed E-state index contributed by atoms with van der Waals surface area (Å²) in [6.07, 6.45) is 3.17. The van der Waals surface area contributed by atoms with Crippen LogP contribution in [0.25, 0.3) is 0 Å². The second-order valence-corrected chi connectivity index (χ2v) is 6.43. The third-order valence-electron chi connectivity index (χ3n) is 4.04. The van der Waals surface area contributed by atoms with Gasteiger partial charge in [-0.3, -0.25) is 10.2 Å². The van der Waals surface area contributed by atoms with Crippen LogP contribution < -0.4 is 5.43 Å². The molecule has 1 aromatic carbocycles. The Morgan fingerprint density at radius 2 is 1.85 bits per heavy atom. The topological polar surface area (TPSA) is 41.5 Å². The lowest BCUT2D eigenvalue weighted by Gasteiger charge is -2.31. The van der Waals surface area contributed by atoms with Gasteiger partial charge in [-0.15, -0.1) is 0 Å². The van der Waals surface area contributed by atoms with Gasteiger partial charge < -0.3 is 0 Å². The smallest absolute Gasteiger partial charge is 0.161 e. The molecule has 0 bridgehead atoms. The third-order valence-corrected chi connectivity index (χ3v) is 4.04. The Balaban J connectivity index is 1.87. The van der Waals surface area contributed by atoms with E-state index in [9.17, 15) is 4.79 Å². The molecule has 3 heteroatoms. The predicted octanol–water partition coefficient (Wildman–Crippen LogP) is 3.42. The van der Waals surface area contributed by atoms with Gasteiger partial charge in [0, 0.05) is 17.7 Å². The molecule has 0 aromatic heterocycles. The summed E-state index contributed by atoms with van der Waals surface area (Å²) in [7, 11) is 0. The molecule has 0 unspecified atom stereocenters. The summed E-state index contributed by atoms with van der Waals surface area (Å²) in [6.45, 7) is 4.28. The van der Waals surface area contributed by atoms with Crippen molar-refractivity contribution in [3.05, 3.63) is 47.2 Å². The lowest BCUT2D eigenvalue weighted by molar-refractivity contribution is -0.118. The number of benzene rings is 1. The van der Waals surface area contributed by atoms with Crippen LogP contribution in [0.3, 0.4) is 0 Å². The van der Waals surface area contributed by atoms with Crippen LogP contribution in [0.4, 0.5) is 0 Å². The van der Waals surface area contributed by atoms with Gasteiger partial charge in [0.05, 0.1) is 5.71 Å². The first kappa shape index (κ1) is 13.1. The Bertz CT molecular complexity index is 597. The van der Waals surface area contributed by atoms with Crippen LogP contribution in [0, 0.1) is 5.41 Å². The molecule has 2 aliphatic rings. The van der Waals surface area contributed by atoms with E-state index in [1.165, 1.54) is 0 Å². The Hall–Kier alpha value is -1.90. The van der Waals surface area contributed by atoms with Gasteiger partial charge in [0.1, 0.15) is 0 Å². The number of carbonyl (C=O) groups excluding carboxylic acids is 1. The van der Waals surface area contributed by atoms with E-state index in [4.69, 9.17) is 0 Å². The number of ketones is 1. The average molecular weight is 268 g/mol. The number of hydrazone groups is 1. The van der Waals surface area contributed by atoms with Gasteiger partial charge in [-0.25, -0.2) is 0 Å². The molecule has 0 spiro atoms. The summed E-state index contributed by atoms with van der Waals surface area (Å²) in [5.41, 5.74) is 7.35. The van der Waals surface area contributed by atoms with Crippen molar-refractivity contribution < 1.29 is 4.79 Å². The SMILES string of the molecule is CC1(C)CC(=O)C2=C(C1)NN=C(c1ccccc1)CC2. The van der Waals surface area contributed by atoms with E-state index >= 15 is 0 Å². The first-order valence-corrected chi connectivity index (χ1v) is 7.18. The zero-order valence-corrected chi connectivity index (χ0v) is 12.1. The largest absolute Gasteiger partial charge is 0.294 e. The average Bonchev–Trinajstić information content (AvgIpc) is 2.61. The molecular formula is C17H20N2O. The van der Waals surface area contributed by atoms with Crippen LogP contribution >= 0.6 is 0 Å². The molecule has 1 aliphatic carbocycles. The van der Waals surface area contributed by atoms with E-state index in [-0.39, 0.29) is 11.2 Å². The Morgan fingerprint density at radius 3 is 2.60 bits per heavy atom. The molecule has 0 radical (unpaired) electrons. The lowest BCUT2D eigenvalue weighted by Crippen LogP contribution is -2.29. The van der Waals surface area contributed by atoms with Gasteiger partial charge in [0.2, 0.25) is 0 Å². The zero-order valence-electron chi connectivity index (χ0n) is 12.1. The maximum absolute atomic E-state index is 12.3. The van der Waals surface area contributed by atoms with Crippen molar-refractivity contribution in [3.8, 4) is 0 Å². The third kappa shape index (κ3) is 2.53. The lowest BCUT2D eigenvalue weighted by atomic mass is 9.75. The van der Waals surface area contributed by atoms with Crippen LogP contribution in [0.2, 0.25) is 0 Å².